The maximum absolute atomic E-state index is 11.9. The molecule has 1 aliphatic carbocycles. The third kappa shape index (κ3) is 3.22. The van der Waals surface area contributed by atoms with Gasteiger partial charge in [-0.25, -0.2) is 0 Å². The average molecular weight is 254 g/mol. The van der Waals surface area contributed by atoms with Crippen LogP contribution in [0.25, 0.3) is 0 Å². The van der Waals surface area contributed by atoms with Gasteiger partial charge in [-0.2, -0.15) is 0 Å². The highest BCUT2D eigenvalue weighted by Crippen LogP contribution is 2.31. The fourth-order valence-electron chi connectivity index (χ4n) is 2.58. The second-order valence-corrected chi connectivity index (χ2v) is 5.56. The maximum Gasteiger partial charge on any atom is 0.325 e. The number of hydrogen-bond acceptors (Lipinski definition) is 4. The SMILES string of the molecule is CC1CCC(OC(=O)C2CNC(=O)CN2)CC1C. The molecule has 0 radical (unpaired) electrons. The molecule has 5 heteroatoms. The molecule has 2 N–H and O–H groups in total. The van der Waals surface area contributed by atoms with Gasteiger partial charge < -0.3 is 10.1 Å². The summed E-state index contributed by atoms with van der Waals surface area (Å²) in [6.07, 6.45) is 3.07. The predicted octanol–water partition coefficient (Wildman–Crippen LogP) is 0.442. The van der Waals surface area contributed by atoms with Crippen LogP contribution >= 0.6 is 0 Å². The summed E-state index contributed by atoms with van der Waals surface area (Å²) >= 11 is 0. The van der Waals surface area contributed by atoms with Gasteiger partial charge in [0.2, 0.25) is 5.91 Å². The van der Waals surface area contributed by atoms with Crippen LogP contribution in [0.2, 0.25) is 0 Å². The molecule has 4 atom stereocenters. The first-order valence-corrected chi connectivity index (χ1v) is 6.77. The molecule has 0 aromatic carbocycles. The Labute approximate surface area is 108 Å². The van der Waals surface area contributed by atoms with Crippen molar-refractivity contribution in [2.75, 3.05) is 13.1 Å². The van der Waals surface area contributed by atoms with Gasteiger partial charge in [-0.05, 0) is 31.1 Å². The summed E-state index contributed by atoms with van der Waals surface area (Å²) in [5.74, 6) is 1.02. The van der Waals surface area contributed by atoms with E-state index in [0.29, 0.717) is 18.4 Å². The molecule has 0 bridgehead atoms. The third-order valence-electron chi connectivity index (χ3n) is 4.13. The van der Waals surface area contributed by atoms with Gasteiger partial charge in [0.25, 0.3) is 0 Å². The molecule has 1 amide bonds. The number of rotatable bonds is 2. The van der Waals surface area contributed by atoms with Gasteiger partial charge in [0.1, 0.15) is 12.1 Å². The van der Waals surface area contributed by atoms with E-state index < -0.39 is 6.04 Å². The van der Waals surface area contributed by atoms with E-state index in [1.807, 2.05) is 0 Å². The van der Waals surface area contributed by atoms with E-state index in [-0.39, 0.29) is 24.5 Å². The number of nitrogens with one attached hydrogen (secondary N) is 2. The number of ether oxygens (including phenoxy) is 1. The first kappa shape index (κ1) is 13.3. The van der Waals surface area contributed by atoms with E-state index in [2.05, 4.69) is 24.5 Å². The number of carbonyl (C=O) groups is 2. The molecule has 2 rings (SSSR count). The molecule has 0 spiro atoms. The van der Waals surface area contributed by atoms with Gasteiger partial charge in [-0.15, -0.1) is 0 Å². The van der Waals surface area contributed by atoms with Gasteiger partial charge in [-0.1, -0.05) is 13.8 Å². The predicted molar refractivity (Wildman–Crippen MR) is 66.9 cm³/mol. The molecule has 5 nitrogen and oxygen atoms in total. The summed E-state index contributed by atoms with van der Waals surface area (Å²) in [4.78, 5) is 22.9. The van der Waals surface area contributed by atoms with Crippen molar-refractivity contribution in [3.8, 4) is 0 Å². The summed E-state index contributed by atoms with van der Waals surface area (Å²) in [5, 5.41) is 5.56. The zero-order chi connectivity index (χ0) is 13.1. The maximum atomic E-state index is 11.9. The quantitative estimate of drug-likeness (QED) is 0.702. The second-order valence-electron chi connectivity index (χ2n) is 5.56. The van der Waals surface area contributed by atoms with Crippen molar-refractivity contribution in [1.29, 1.82) is 0 Å². The van der Waals surface area contributed by atoms with Crippen molar-refractivity contribution in [2.45, 2.75) is 45.3 Å². The van der Waals surface area contributed by atoms with Crippen LogP contribution in [0.3, 0.4) is 0 Å². The molecule has 4 unspecified atom stereocenters. The van der Waals surface area contributed by atoms with Crippen LogP contribution in [-0.4, -0.2) is 37.1 Å². The van der Waals surface area contributed by atoms with Crippen LogP contribution in [-0.2, 0) is 14.3 Å². The van der Waals surface area contributed by atoms with Crippen LogP contribution in [0.5, 0.6) is 0 Å². The molecule has 1 aliphatic heterocycles. The van der Waals surface area contributed by atoms with Crippen molar-refractivity contribution in [3.05, 3.63) is 0 Å². The van der Waals surface area contributed by atoms with E-state index in [0.717, 1.165) is 19.3 Å². The van der Waals surface area contributed by atoms with Crippen molar-refractivity contribution < 1.29 is 14.3 Å². The standard InChI is InChI=1S/C13H22N2O3/c1-8-3-4-10(5-9(8)2)18-13(17)11-6-15-12(16)7-14-11/h8-11,14H,3-7H2,1-2H3,(H,15,16). The lowest BCUT2D eigenvalue weighted by atomic mass is 9.80. The molecule has 1 saturated heterocycles. The number of amides is 1. The van der Waals surface area contributed by atoms with E-state index in [1.165, 1.54) is 0 Å². The molecular formula is C13H22N2O3. The first-order valence-electron chi connectivity index (χ1n) is 6.77. The van der Waals surface area contributed by atoms with E-state index >= 15 is 0 Å². The minimum atomic E-state index is -0.391. The Balaban J connectivity index is 1.79. The minimum Gasteiger partial charge on any atom is -0.461 e. The highest BCUT2D eigenvalue weighted by atomic mass is 16.5. The van der Waals surface area contributed by atoms with Gasteiger partial charge in [0.15, 0.2) is 0 Å². The topological polar surface area (TPSA) is 67.4 Å². The van der Waals surface area contributed by atoms with Crippen LogP contribution in [0.4, 0.5) is 0 Å². The summed E-state index contributed by atoms with van der Waals surface area (Å²) in [5.41, 5.74) is 0. The highest BCUT2D eigenvalue weighted by Gasteiger charge is 2.31. The molecule has 102 valence electrons. The lowest BCUT2D eigenvalue weighted by molar-refractivity contribution is -0.155. The van der Waals surface area contributed by atoms with Crippen molar-refractivity contribution in [2.24, 2.45) is 11.8 Å². The summed E-state index contributed by atoms with van der Waals surface area (Å²) < 4.78 is 5.53. The zero-order valence-electron chi connectivity index (χ0n) is 11.1. The average Bonchev–Trinajstić information content (AvgIpc) is 2.34. The zero-order valence-corrected chi connectivity index (χ0v) is 11.1. The Kier molecular flexibility index (Phi) is 4.22. The fraction of sp³-hybridized carbons (Fsp3) is 0.846. The summed E-state index contributed by atoms with van der Waals surface area (Å²) in [6, 6.07) is -0.391. The Morgan fingerprint density at radius 3 is 2.67 bits per heavy atom. The lowest BCUT2D eigenvalue weighted by Crippen LogP contribution is -2.56. The van der Waals surface area contributed by atoms with Gasteiger partial charge >= 0.3 is 5.97 Å². The number of piperazine rings is 1. The smallest absolute Gasteiger partial charge is 0.325 e. The monoisotopic (exact) mass is 254 g/mol. The van der Waals surface area contributed by atoms with Gasteiger partial charge in [-0.3, -0.25) is 14.9 Å². The number of hydrogen-bond donors (Lipinski definition) is 2. The first-order chi connectivity index (χ1) is 8.56. The highest BCUT2D eigenvalue weighted by molar-refractivity contribution is 5.83. The molecular weight excluding hydrogens is 232 g/mol. The number of carbonyl (C=O) groups excluding carboxylic acids is 2. The van der Waals surface area contributed by atoms with Crippen LogP contribution < -0.4 is 10.6 Å². The van der Waals surface area contributed by atoms with Gasteiger partial charge in [0, 0.05) is 6.54 Å². The van der Waals surface area contributed by atoms with Crippen molar-refractivity contribution in [3.63, 3.8) is 0 Å². The lowest BCUT2D eigenvalue weighted by Gasteiger charge is -2.33. The molecule has 0 aromatic rings. The summed E-state index contributed by atoms with van der Waals surface area (Å²) in [7, 11) is 0. The Morgan fingerprint density at radius 2 is 2.06 bits per heavy atom. The minimum absolute atomic E-state index is 0.0446. The normalized spacial score (nSPS) is 36.9. The van der Waals surface area contributed by atoms with Crippen molar-refractivity contribution in [1.82, 2.24) is 10.6 Å². The van der Waals surface area contributed by atoms with E-state index in [1.54, 1.807) is 0 Å². The molecule has 0 aromatic heterocycles. The van der Waals surface area contributed by atoms with Crippen LogP contribution in [0, 0.1) is 11.8 Å². The molecule has 2 aliphatic rings. The van der Waals surface area contributed by atoms with Crippen LogP contribution in [0.15, 0.2) is 0 Å². The molecule has 1 saturated carbocycles. The Morgan fingerprint density at radius 1 is 1.28 bits per heavy atom. The molecule has 1 heterocycles. The second kappa shape index (κ2) is 5.69. The third-order valence-corrected chi connectivity index (χ3v) is 4.13. The molecule has 2 fully saturated rings. The van der Waals surface area contributed by atoms with E-state index in [9.17, 15) is 9.59 Å². The Bertz CT molecular complexity index is 322. The largest absolute Gasteiger partial charge is 0.461 e. The van der Waals surface area contributed by atoms with Crippen LogP contribution in [0.1, 0.15) is 33.1 Å². The summed E-state index contributed by atoms with van der Waals surface area (Å²) in [6.45, 7) is 4.99. The van der Waals surface area contributed by atoms with E-state index in [4.69, 9.17) is 4.74 Å². The molecule has 18 heavy (non-hydrogen) atoms. The van der Waals surface area contributed by atoms with Gasteiger partial charge in [0.05, 0.1) is 6.54 Å². The van der Waals surface area contributed by atoms with Crippen molar-refractivity contribution >= 4 is 11.9 Å². The fourth-order valence-corrected chi connectivity index (χ4v) is 2.58. The number of esters is 1. The Hall–Kier alpha value is -1.10.